The number of aliphatic hydroxyl groups is 3. The molecule has 16 nitrogen and oxygen atoms in total. The largest absolute Gasteiger partial charge is 0.507 e. The van der Waals surface area contributed by atoms with Gasteiger partial charge < -0.3 is 59.4 Å². The molecule has 67 heavy (non-hydrogen) atoms. The van der Waals surface area contributed by atoms with Crippen LogP contribution in [0.2, 0.25) is 0 Å². The van der Waals surface area contributed by atoms with Gasteiger partial charge in [0.25, 0.3) is 17.6 Å². The number of anilines is 1. The minimum Gasteiger partial charge on any atom is -0.507 e. The van der Waals surface area contributed by atoms with E-state index in [1.54, 1.807) is 44.7 Å². The topological polar surface area (TPSA) is 231 Å². The van der Waals surface area contributed by atoms with Gasteiger partial charge in [0.1, 0.15) is 23.4 Å². The lowest BCUT2D eigenvalue weighted by molar-refractivity contribution is -0.160. The van der Waals surface area contributed by atoms with Crippen LogP contribution in [0.5, 0.6) is 23.0 Å². The van der Waals surface area contributed by atoms with Crippen molar-refractivity contribution in [3.8, 4) is 23.0 Å². The molecule has 1 fully saturated rings. The number of esters is 1. The molecule has 4 aliphatic heterocycles. The van der Waals surface area contributed by atoms with Crippen molar-refractivity contribution >= 4 is 40.0 Å². The summed E-state index contributed by atoms with van der Waals surface area (Å²) in [7, 11) is 1.43. The van der Waals surface area contributed by atoms with E-state index in [2.05, 4.69) is 5.32 Å². The molecular weight excluding hydrogens is 865 g/mol. The molecule has 4 aliphatic rings. The molecule has 0 saturated carbocycles. The van der Waals surface area contributed by atoms with Crippen molar-refractivity contribution in [2.75, 3.05) is 32.1 Å². The number of carbonyl (C=O) groups is 4. The second kappa shape index (κ2) is 20.5. The van der Waals surface area contributed by atoms with Gasteiger partial charge >= 0.3 is 11.8 Å². The summed E-state index contributed by atoms with van der Waals surface area (Å²) in [5.74, 6) is -8.34. The number of aromatic hydroxyl groups is 2. The molecule has 6 N–H and O–H groups in total. The quantitative estimate of drug-likeness (QED) is 0.118. The molecule has 0 spiro atoms. The summed E-state index contributed by atoms with van der Waals surface area (Å²) in [6, 6.07) is 10.9. The molecule has 0 radical (unpaired) electrons. The number of rotatable bonds is 7. The molecule has 7 rings (SSSR count). The number of hydrogen-bond donors (Lipinski definition) is 6. The standard InChI is InChI=1S/C51H64N2O14/c1-27-14-13-15-28(2)49(61)52-35-24-37(64-26-38(55)53-21-19-51(62,20-22-53)25-34-16-11-10-12-17-34)39-40(45(35)59)44(58)32(6)47-41(39)48(60)50(8,67-47)65-23-18-36(63-9)29(3)46(66-33(7)54)31(5)43(57)30(4)42(27)56/h10-18,23-24,27,29-31,36,42-43,46,56-59,62H,19-22,25-26H2,1-9H3,(H,52,61)/b14-13+,23-18+,28-15+. The van der Waals surface area contributed by atoms with E-state index in [0.717, 1.165) is 5.56 Å². The van der Waals surface area contributed by atoms with E-state index in [9.17, 15) is 44.7 Å². The van der Waals surface area contributed by atoms with E-state index in [-0.39, 0.29) is 57.7 Å². The Balaban J connectivity index is 1.40. The van der Waals surface area contributed by atoms with Gasteiger partial charge in [0.05, 0.1) is 46.8 Å². The third kappa shape index (κ3) is 10.6. The van der Waals surface area contributed by atoms with Gasteiger partial charge in [-0.15, -0.1) is 0 Å². The van der Waals surface area contributed by atoms with E-state index < -0.39 is 101 Å². The number of Topliss-reactive ketones (excluding diaryl/α,β-unsaturated/α-hetero) is 1. The first-order chi connectivity index (χ1) is 31.6. The highest BCUT2D eigenvalue weighted by Crippen LogP contribution is 2.54. The lowest BCUT2D eigenvalue weighted by Crippen LogP contribution is -2.48. The highest BCUT2D eigenvalue weighted by molar-refractivity contribution is 6.21. The highest BCUT2D eigenvalue weighted by atomic mass is 16.7. The molecule has 16 heteroatoms. The second-order valence-electron chi connectivity index (χ2n) is 18.5. The van der Waals surface area contributed by atoms with Gasteiger partial charge in [0.2, 0.25) is 0 Å². The maximum absolute atomic E-state index is 14.7. The number of nitrogens with zero attached hydrogens (tertiary/aromatic N) is 1. The molecule has 362 valence electrons. The third-order valence-electron chi connectivity index (χ3n) is 13.6. The lowest BCUT2D eigenvalue weighted by Gasteiger charge is -2.38. The van der Waals surface area contributed by atoms with Crippen LogP contribution in [0.4, 0.5) is 5.69 Å². The summed E-state index contributed by atoms with van der Waals surface area (Å²) < 4.78 is 30.0. The second-order valence-corrected chi connectivity index (χ2v) is 18.5. The van der Waals surface area contributed by atoms with Crippen molar-refractivity contribution in [3.05, 3.63) is 89.2 Å². The number of piperidine rings is 1. The summed E-state index contributed by atoms with van der Waals surface area (Å²) in [5.41, 5.74) is -0.128. The third-order valence-corrected chi connectivity index (χ3v) is 13.6. The molecule has 3 aromatic rings. The average molecular weight is 929 g/mol. The predicted molar refractivity (Wildman–Crippen MR) is 249 cm³/mol. The molecule has 5 bridgehead atoms. The van der Waals surface area contributed by atoms with Crippen LogP contribution in [-0.4, -0.2) is 117 Å². The van der Waals surface area contributed by atoms with Crippen LogP contribution in [-0.2, 0) is 35.0 Å². The first kappa shape index (κ1) is 50.5. The molecule has 3 aromatic carbocycles. The number of phenolic OH excluding ortho intramolecular Hbond substituents is 2. The monoisotopic (exact) mass is 928 g/mol. The molecule has 4 heterocycles. The zero-order chi connectivity index (χ0) is 49.1. The van der Waals surface area contributed by atoms with Gasteiger partial charge in [0.15, 0.2) is 12.4 Å². The highest BCUT2D eigenvalue weighted by Gasteiger charge is 2.50. The van der Waals surface area contributed by atoms with Gasteiger partial charge in [-0.25, -0.2) is 0 Å². The SMILES string of the molecule is COC1/C=C/OC2(C)Oc3c(C)c(O)c4c(O)c(cc(OCC(=O)N5CCC(O)(Cc6ccccc6)CC5)c4c3C2=O)NC(=O)/C(C)=C/C=C/C(C)C(O)C(C)C(O)C(C)C(OC(C)=O)C1C. The van der Waals surface area contributed by atoms with E-state index in [1.165, 1.54) is 59.3 Å². The summed E-state index contributed by atoms with van der Waals surface area (Å²) in [6.07, 6.45) is 4.59. The molecular formula is C51H64N2O14. The number of ketones is 1. The van der Waals surface area contributed by atoms with Gasteiger partial charge in [-0.3, -0.25) is 19.2 Å². The van der Waals surface area contributed by atoms with Crippen LogP contribution in [0.3, 0.4) is 0 Å². The Hall–Kier alpha value is -5.94. The van der Waals surface area contributed by atoms with Crippen molar-refractivity contribution in [2.45, 2.75) is 110 Å². The number of aliphatic hydroxyl groups excluding tert-OH is 2. The van der Waals surface area contributed by atoms with Gasteiger partial charge in [-0.05, 0) is 38.3 Å². The summed E-state index contributed by atoms with van der Waals surface area (Å²) >= 11 is 0. The summed E-state index contributed by atoms with van der Waals surface area (Å²) in [4.78, 5) is 56.1. The first-order valence-corrected chi connectivity index (χ1v) is 22.6. The smallest absolute Gasteiger partial charge is 0.312 e. The van der Waals surface area contributed by atoms with Gasteiger partial charge in [0, 0.05) is 86.7 Å². The Morgan fingerprint density at radius 3 is 2.24 bits per heavy atom. The van der Waals surface area contributed by atoms with Crippen molar-refractivity contribution in [3.63, 3.8) is 0 Å². The number of amides is 2. The number of likely N-dealkylation sites (tertiary alicyclic amines) is 1. The predicted octanol–water partition coefficient (Wildman–Crippen LogP) is 6.02. The summed E-state index contributed by atoms with van der Waals surface area (Å²) in [5, 5.41) is 60.2. The number of fused-ring (bicyclic) bond motifs is 14. The first-order valence-electron chi connectivity index (χ1n) is 22.6. The van der Waals surface area contributed by atoms with Gasteiger partial charge in [-0.2, -0.15) is 0 Å². The Labute approximate surface area is 390 Å². The Morgan fingerprint density at radius 2 is 1.60 bits per heavy atom. The van der Waals surface area contributed by atoms with Crippen LogP contribution in [0, 0.1) is 30.6 Å². The molecule has 0 aromatic heterocycles. The van der Waals surface area contributed by atoms with Crippen molar-refractivity contribution in [1.82, 2.24) is 4.90 Å². The number of ether oxygens (including phenoxy) is 5. The molecule has 9 atom stereocenters. The number of allylic oxidation sites excluding steroid dienone is 2. The van der Waals surface area contributed by atoms with Crippen molar-refractivity contribution in [1.29, 1.82) is 0 Å². The average Bonchev–Trinajstić information content (AvgIpc) is 3.56. The fourth-order valence-electron chi connectivity index (χ4n) is 9.30. The fraction of sp³-hybridized carbons (Fsp3) is 0.490. The zero-order valence-electron chi connectivity index (χ0n) is 39.6. The molecule has 9 unspecified atom stereocenters. The number of phenols is 2. The number of carbonyl (C=O) groups excluding carboxylic acids is 4. The maximum Gasteiger partial charge on any atom is 0.312 e. The Kier molecular flexibility index (Phi) is 15.5. The van der Waals surface area contributed by atoms with E-state index in [4.69, 9.17) is 23.7 Å². The lowest BCUT2D eigenvalue weighted by atomic mass is 9.78. The van der Waals surface area contributed by atoms with E-state index >= 15 is 0 Å². The minimum absolute atomic E-state index is 0.0571. The minimum atomic E-state index is -2.06. The van der Waals surface area contributed by atoms with Crippen LogP contribution < -0.4 is 14.8 Å². The molecule has 2 amide bonds. The number of benzene rings is 3. The number of nitrogens with one attached hydrogen (secondary N) is 1. The van der Waals surface area contributed by atoms with Crippen LogP contribution in [0.25, 0.3) is 10.8 Å². The fourth-order valence-corrected chi connectivity index (χ4v) is 9.30. The molecule has 0 aliphatic carbocycles. The Bertz CT molecular complexity index is 2440. The zero-order valence-corrected chi connectivity index (χ0v) is 39.6. The van der Waals surface area contributed by atoms with E-state index in [0.29, 0.717) is 19.3 Å². The van der Waals surface area contributed by atoms with Crippen LogP contribution in [0.1, 0.15) is 82.8 Å². The van der Waals surface area contributed by atoms with Crippen molar-refractivity contribution < 1.29 is 68.4 Å². The van der Waals surface area contributed by atoms with Crippen LogP contribution in [0.15, 0.2) is 72.5 Å². The van der Waals surface area contributed by atoms with E-state index in [1.807, 2.05) is 30.3 Å². The normalized spacial score (nSPS) is 29.9. The maximum atomic E-state index is 14.7. The molecule has 1 saturated heterocycles. The van der Waals surface area contributed by atoms with Crippen LogP contribution >= 0.6 is 0 Å². The van der Waals surface area contributed by atoms with Crippen molar-refractivity contribution in [2.24, 2.45) is 23.7 Å². The Morgan fingerprint density at radius 1 is 0.925 bits per heavy atom. The number of methoxy groups -OCH3 is 1. The summed E-state index contributed by atoms with van der Waals surface area (Å²) in [6.45, 7) is 12.5. The van der Waals surface area contributed by atoms with Gasteiger partial charge in [-0.1, -0.05) is 76.3 Å². The number of hydrogen-bond acceptors (Lipinski definition) is 14.